The molecule has 0 N–H and O–H groups in total. The Hall–Kier alpha value is -2.73. The third-order valence-electron chi connectivity index (χ3n) is 1.47. The molecule has 0 aliphatic carbocycles. The van der Waals surface area contributed by atoms with Crippen LogP contribution in [0, 0.1) is 0 Å². The third-order valence-corrected chi connectivity index (χ3v) is 3.09. The summed E-state index contributed by atoms with van der Waals surface area (Å²) in [5, 5.41) is 0. The van der Waals surface area contributed by atoms with Gasteiger partial charge in [-0.25, -0.2) is 19.2 Å². The lowest BCUT2D eigenvalue weighted by Gasteiger charge is -2.14. The van der Waals surface area contributed by atoms with Crippen molar-refractivity contribution in [1.82, 2.24) is 0 Å². The van der Waals surface area contributed by atoms with Crippen molar-refractivity contribution in [2.24, 2.45) is 0 Å². The number of carbonyl (C=O) groups is 4. The fourth-order valence-electron chi connectivity index (χ4n) is 0.702. The fourth-order valence-corrected chi connectivity index (χ4v) is 2.10. The first-order valence-electron chi connectivity index (χ1n) is 5.15. The standard InChI is InChI=1S/C12H12O8P/c1-5-9(13)17-21(18-10(14)6-2,19-11(15)7-3)20-12(16)8-4/h5-8H,1-4H2/q+1. The Balaban J connectivity index is 5.63. The molecule has 0 fully saturated rings. The van der Waals surface area contributed by atoms with Gasteiger partial charge in [-0.2, -0.15) is 18.1 Å². The molecule has 0 bridgehead atoms. The molecule has 9 heteroatoms. The molecule has 0 amide bonds. The summed E-state index contributed by atoms with van der Waals surface area (Å²) in [6, 6.07) is 0. The van der Waals surface area contributed by atoms with Gasteiger partial charge in [0.25, 0.3) is 0 Å². The quantitative estimate of drug-likeness (QED) is 0.491. The Labute approximate surface area is 121 Å². The van der Waals surface area contributed by atoms with E-state index in [2.05, 4.69) is 44.4 Å². The normalized spacial score (nSPS) is 9.52. The van der Waals surface area contributed by atoms with Crippen LogP contribution in [0.15, 0.2) is 50.6 Å². The molecule has 0 saturated carbocycles. The van der Waals surface area contributed by atoms with Crippen molar-refractivity contribution in [3.05, 3.63) is 50.6 Å². The SMILES string of the molecule is C=CC(=O)O[P+](OC(=O)C=C)(OC(=O)C=C)OC(=O)C=C. The minimum atomic E-state index is -4.47. The Morgan fingerprint density at radius 3 is 0.905 bits per heavy atom. The molecule has 0 unspecified atom stereocenters. The summed E-state index contributed by atoms with van der Waals surface area (Å²) in [7, 11) is -4.47. The van der Waals surface area contributed by atoms with Crippen molar-refractivity contribution in [3.63, 3.8) is 0 Å². The minimum absolute atomic E-state index is 0.681. The van der Waals surface area contributed by atoms with Gasteiger partial charge in [-0.3, -0.25) is 0 Å². The molecule has 21 heavy (non-hydrogen) atoms. The molecule has 0 aliphatic rings. The maximum atomic E-state index is 11.3. The summed E-state index contributed by atoms with van der Waals surface area (Å²) >= 11 is 0. The first-order valence-corrected chi connectivity index (χ1v) is 6.61. The van der Waals surface area contributed by atoms with Crippen LogP contribution in [0.2, 0.25) is 0 Å². The van der Waals surface area contributed by atoms with Gasteiger partial charge in [0.1, 0.15) is 0 Å². The van der Waals surface area contributed by atoms with E-state index in [1.165, 1.54) is 0 Å². The molecular weight excluding hydrogens is 303 g/mol. The molecule has 0 heterocycles. The maximum Gasteiger partial charge on any atom is 0.779 e. The first-order chi connectivity index (χ1) is 9.82. The van der Waals surface area contributed by atoms with Crippen molar-refractivity contribution < 1.29 is 37.3 Å². The zero-order chi connectivity index (χ0) is 16.5. The van der Waals surface area contributed by atoms with Gasteiger partial charge in [0.2, 0.25) is 0 Å². The van der Waals surface area contributed by atoms with Gasteiger partial charge in [-0.1, -0.05) is 26.3 Å². The molecule has 0 aromatic carbocycles. The van der Waals surface area contributed by atoms with E-state index in [4.69, 9.17) is 0 Å². The summed E-state index contributed by atoms with van der Waals surface area (Å²) < 4.78 is 18.3. The lowest BCUT2D eigenvalue weighted by atomic mass is 10.7. The van der Waals surface area contributed by atoms with E-state index in [0.29, 0.717) is 24.3 Å². The van der Waals surface area contributed by atoms with Crippen molar-refractivity contribution in [2.75, 3.05) is 0 Å². The van der Waals surface area contributed by atoms with Crippen LogP contribution in [0.25, 0.3) is 0 Å². The highest BCUT2D eigenvalue weighted by atomic mass is 31.2. The second kappa shape index (κ2) is 8.44. The molecule has 0 aliphatic heterocycles. The summed E-state index contributed by atoms with van der Waals surface area (Å²) in [6.45, 7) is 12.4. The second-order valence-corrected chi connectivity index (χ2v) is 4.53. The highest BCUT2D eigenvalue weighted by Crippen LogP contribution is 2.64. The van der Waals surface area contributed by atoms with E-state index in [9.17, 15) is 19.2 Å². The van der Waals surface area contributed by atoms with Crippen LogP contribution in [0.1, 0.15) is 0 Å². The summed E-state index contributed by atoms with van der Waals surface area (Å²) in [4.78, 5) is 45.1. The topological polar surface area (TPSA) is 105 Å². The van der Waals surface area contributed by atoms with Crippen LogP contribution in [-0.4, -0.2) is 23.9 Å². The second-order valence-electron chi connectivity index (χ2n) is 2.91. The molecule has 0 aromatic heterocycles. The highest BCUT2D eigenvalue weighted by Gasteiger charge is 2.61. The van der Waals surface area contributed by atoms with Crippen molar-refractivity contribution >= 4 is 32.0 Å². The van der Waals surface area contributed by atoms with Gasteiger partial charge in [0, 0.05) is 24.3 Å². The van der Waals surface area contributed by atoms with Gasteiger partial charge in [0.05, 0.1) is 0 Å². The Bertz CT molecular complexity index is 414. The zero-order valence-corrected chi connectivity index (χ0v) is 11.7. The molecule has 0 radical (unpaired) electrons. The fraction of sp³-hybridized carbons (Fsp3) is 0. The van der Waals surface area contributed by atoms with Crippen molar-refractivity contribution in [2.45, 2.75) is 0 Å². The number of hydrogen-bond donors (Lipinski definition) is 0. The molecule has 0 saturated heterocycles. The largest absolute Gasteiger partial charge is 0.779 e. The molecule has 0 rings (SSSR count). The third kappa shape index (κ3) is 6.31. The average molecular weight is 315 g/mol. The average Bonchev–Trinajstić information content (AvgIpc) is 2.46. The lowest BCUT2D eigenvalue weighted by molar-refractivity contribution is -0.144. The molecule has 0 aromatic rings. The van der Waals surface area contributed by atoms with E-state index in [-0.39, 0.29) is 0 Å². The minimum Gasteiger partial charge on any atom is -0.242 e. The van der Waals surface area contributed by atoms with E-state index >= 15 is 0 Å². The Morgan fingerprint density at radius 2 is 0.762 bits per heavy atom. The van der Waals surface area contributed by atoms with Gasteiger partial charge >= 0.3 is 32.0 Å². The predicted molar refractivity (Wildman–Crippen MR) is 72.1 cm³/mol. The van der Waals surface area contributed by atoms with Crippen molar-refractivity contribution in [1.29, 1.82) is 0 Å². The summed E-state index contributed by atoms with van der Waals surface area (Å²) in [5.74, 6) is -4.63. The van der Waals surface area contributed by atoms with E-state index < -0.39 is 32.0 Å². The van der Waals surface area contributed by atoms with E-state index in [0.717, 1.165) is 0 Å². The van der Waals surface area contributed by atoms with E-state index in [1.807, 2.05) is 0 Å². The zero-order valence-electron chi connectivity index (χ0n) is 10.9. The lowest BCUT2D eigenvalue weighted by Crippen LogP contribution is -2.20. The number of rotatable bonds is 8. The number of carbonyl (C=O) groups excluding carboxylic acids is 4. The molecule has 0 spiro atoms. The van der Waals surface area contributed by atoms with Gasteiger partial charge in [0.15, 0.2) is 0 Å². The van der Waals surface area contributed by atoms with Crippen LogP contribution in [0.3, 0.4) is 0 Å². The van der Waals surface area contributed by atoms with Crippen LogP contribution in [0.5, 0.6) is 0 Å². The molecular formula is C12H12O8P+. The summed E-state index contributed by atoms with van der Waals surface area (Å²) in [5.41, 5.74) is 0. The molecule has 112 valence electrons. The van der Waals surface area contributed by atoms with Gasteiger partial charge in [-0.05, 0) is 0 Å². The van der Waals surface area contributed by atoms with E-state index in [1.54, 1.807) is 0 Å². The summed E-state index contributed by atoms with van der Waals surface area (Å²) in [6.07, 6.45) is 2.72. The van der Waals surface area contributed by atoms with Gasteiger partial charge < -0.3 is 0 Å². The van der Waals surface area contributed by atoms with Crippen LogP contribution < -0.4 is 0 Å². The monoisotopic (exact) mass is 315 g/mol. The molecule has 8 nitrogen and oxygen atoms in total. The number of hydrogen-bond acceptors (Lipinski definition) is 8. The van der Waals surface area contributed by atoms with Crippen LogP contribution >= 0.6 is 8.17 Å². The Morgan fingerprint density at radius 1 is 0.571 bits per heavy atom. The van der Waals surface area contributed by atoms with Gasteiger partial charge in [-0.15, -0.1) is 0 Å². The predicted octanol–water partition coefficient (Wildman–Crippen LogP) is 1.58. The first kappa shape index (κ1) is 18.3. The highest BCUT2D eigenvalue weighted by molar-refractivity contribution is 7.58. The smallest absolute Gasteiger partial charge is 0.242 e. The Kier molecular flexibility index (Phi) is 7.35. The van der Waals surface area contributed by atoms with Crippen LogP contribution in [0.4, 0.5) is 0 Å². The van der Waals surface area contributed by atoms with Crippen LogP contribution in [-0.2, 0) is 37.3 Å². The van der Waals surface area contributed by atoms with Crippen molar-refractivity contribution in [3.8, 4) is 0 Å². The molecule has 0 atom stereocenters. The maximum absolute atomic E-state index is 11.3.